The molecule has 29 heavy (non-hydrogen) atoms. The van der Waals surface area contributed by atoms with Gasteiger partial charge in [-0.1, -0.05) is 36.6 Å². The van der Waals surface area contributed by atoms with Crippen molar-refractivity contribution >= 4 is 28.3 Å². The topological polar surface area (TPSA) is 67.3 Å². The Labute approximate surface area is 171 Å². The Bertz CT molecular complexity index is 1010. The normalized spacial score (nSPS) is 21.9. The van der Waals surface area contributed by atoms with Crippen LogP contribution >= 0.6 is 11.6 Å². The van der Waals surface area contributed by atoms with Crippen LogP contribution < -0.4 is 10.1 Å². The molecule has 0 spiro atoms. The van der Waals surface area contributed by atoms with Gasteiger partial charge in [-0.05, 0) is 37.1 Å². The van der Waals surface area contributed by atoms with Gasteiger partial charge >= 0.3 is 0 Å². The fourth-order valence-corrected chi connectivity index (χ4v) is 3.86. The van der Waals surface area contributed by atoms with Crippen LogP contribution in [0.2, 0.25) is 5.02 Å². The second-order valence-corrected chi connectivity index (χ2v) is 7.71. The van der Waals surface area contributed by atoms with Crippen molar-refractivity contribution in [2.45, 2.75) is 37.3 Å². The van der Waals surface area contributed by atoms with Crippen molar-refractivity contribution in [2.24, 2.45) is 0 Å². The lowest BCUT2D eigenvalue weighted by atomic mass is 9.80. The zero-order valence-electron chi connectivity index (χ0n) is 15.5. The van der Waals surface area contributed by atoms with E-state index in [2.05, 4.69) is 15.3 Å². The molecule has 0 aliphatic heterocycles. The van der Waals surface area contributed by atoms with Crippen LogP contribution in [-0.2, 0) is 0 Å². The first-order chi connectivity index (χ1) is 13.9. The summed E-state index contributed by atoms with van der Waals surface area (Å²) in [6.07, 6.45) is 4.09. The highest BCUT2D eigenvalue weighted by molar-refractivity contribution is 6.30. The largest absolute Gasteiger partial charge is 0.473 e. The Kier molecular flexibility index (Phi) is 5.52. The lowest BCUT2D eigenvalue weighted by molar-refractivity contribution is -0.0444. The van der Waals surface area contributed by atoms with Crippen LogP contribution in [0.25, 0.3) is 11.0 Å². The van der Waals surface area contributed by atoms with Gasteiger partial charge in [-0.25, -0.2) is 18.7 Å². The van der Waals surface area contributed by atoms with E-state index < -0.39 is 23.3 Å². The van der Waals surface area contributed by atoms with Gasteiger partial charge in [0.1, 0.15) is 17.9 Å². The molecule has 0 saturated heterocycles. The Morgan fingerprint density at radius 1 is 1.17 bits per heavy atom. The van der Waals surface area contributed by atoms with Crippen molar-refractivity contribution in [3.05, 3.63) is 59.3 Å². The van der Waals surface area contributed by atoms with E-state index in [-0.39, 0.29) is 23.2 Å². The maximum atomic E-state index is 14.2. The summed E-state index contributed by atoms with van der Waals surface area (Å²) in [6.45, 7) is -0.0749. The Balaban J connectivity index is 1.52. The van der Waals surface area contributed by atoms with Crippen LogP contribution in [0, 0.1) is 11.6 Å². The van der Waals surface area contributed by atoms with Crippen LogP contribution in [-0.4, -0.2) is 33.3 Å². The van der Waals surface area contributed by atoms with E-state index in [4.69, 9.17) is 16.3 Å². The molecule has 0 radical (unpaired) electrons. The summed E-state index contributed by atoms with van der Waals surface area (Å²) in [5, 5.41) is 14.0. The molecule has 1 saturated carbocycles. The molecular formula is C21H20ClF2N3O2. The van der Waals surface area contributed by atoms with E-state index in [1.807, 2.05) is 24.3 Å². The minimum absolute atomic E-state index is 0.0253. The number of aliphatic hydroxyl groups is 1. The van der Waals surface area contributed by atoms with Crippen molar-refractivity contribution < 1.29 is 18.6 Å². The molecule has 0 amide bonds. The van der Waals surface area contributed by atoms with Crippen LogP contribution in [0.15, 0.2) is 42.6 Å². The predicted molar refractivity (Wildman–Crippen MR) is 107 cm³/mol. The molecule has 5 nitrogen and oxygen atoms in total. The zero-order chi connectivity index (χ0) is 20.4. The molecule has 2 N–H and O–H groups in total. The number of halogens is 3. The Morgan fingerprint density at radius 3 is 2.66 bits per heavy atom. The highest BCUT2D eigenvalue weighted by Crippen LogP contribution is 2.34. The number of aromatic nitrogens is 2. The highest BCUT2D eigenvalue weighted by atomic mass is 35.5. The quantitative estimate of drug-likeness (QED) is 0.626. The monoisotopic (exact) mass is 419 g/mol. The maximum absolute atomic E-state index is 14.2. The molecule has 1 aromatic heterocycles. The Hall–Kier alpha value is -2.51. The fraction of sp³-hybridized carbons (Fsp3) is 0.333. The van der Waals surface area contributed by atoms with Gasteiger partial charge in [-0.2, -0.15) is 0 Å². The van der Waals surface area contributed by atoms with Gasteiger partial charge in [0.2, 0.25) is 5.88 Å². The lowest BCUT2D eigenvalue weighted by Gasteiger charge is -2.40. The number of para-hydroxylation sites is 2. The lowest BCUT2D eigenvalue weighted by Crippen LogP contribution is -2.53. The van der Waals surface area contributed by atoms with E-state index in [0.29, 0.717) is 18.4 Å². The number of nitrogens with zero attached hydrogens (tertiary/aromatic N) is 2. The first-order valence-electron chi connectivity index (χ1n) is 9.43. The first-order valence-corrected chi connectivity index (χ1v) is 9.80. The van der Waals surface area contributed by atoms with Crippen molar-refractivity contribution in [1.82, 2.24) is 9.97 Å². The summed E-state index contributed by atoms with van der Waals surface area (Å²) in [5.41, 5.74) is -0.195. The van der Waals surface area contributed by atoms with Crippen LogP contribution in [0.3, 0.4) is 0 Å². The molecule has 2 atom stereocenters. The SMILES string of the molecule is OC1(COc2cnc3ccccc3n2)CCCCC1Nc1c(F)cc(Cl)cc1F. The van der Waals surface area contributed by atoms with Gasteiger partial charge < -0.3 is 15.2 Å². The third-order valence-electron chi connectivity index (χ3n) is 5.22. The van der Waals surface area contributed by atoms with E-state index in [9.17, 15) is 13.9 Å². The van der Waals surface area contributed by atoms with Gasteiger partial charge in [0.25, 0.3) is 0 Å². The summed E-state index contributed by atoms with van der Waals surface area (Å²) in [5.74, 6) is -1.32. The molecule has 1 aliphatic rings. The molecule has 3 aromatic rings. The highest BCUT2D eigenvalue weighted by Gasteiger charge is 2.40. The van der Waals surface area contributed by atoms with Gasteiger partial charge in [0.05, 0.1) is 23.3 Å². The van der Waals surface area contributed by atoms with Crippen LogP contribution in [0.1, 0.15) is 25.7 Å². The van der Waals surface area contributed by atoms with Crippen LogP contribution in [0.4, 0.5) is 14.5 Å². The minimum Gasteiger partial charge on any atom is -0.473 e. The number of anilines is 1. The second kappa shape index (κ2) is 8.08. The molecule has 1 heterocycles. The fourth-order valence-electron chi connectivity index (χ4n) is 3.66. The average molecular weight is 420 g/mol. The number of fused-ring (bicyclic) bond motifs is 1. The van der Waals surface area contributed by atoms with Crippen molar-refractivity contribution in [3.63, 3.8) is 0 Å². The van der Waals surface area contributed by atoms with E-state index >= 15 is 0 Å². The third-order valence-corrected chi connectivity index (χ3v) is 5.44. The summed E-state index contributed by atoms with van der Waals surface area (Å²) in [4.78, 5) is 8.68. The predicted octanol–water partition coefficient (Wildman–Crippen LogP) is 4.73. The molecule has 1 fully saturated rings. The smallest absolute Gasteiger partial charge is 0.232 e. The van der Waals surface area contributed by atoms with Gasteiger partial charge in [-0.15, -0.1) is 0 Å². The average Bonchev–Trinajstić information content (AvgIpc) is 2.70. The van der Waals surface area contributed by atoms with Crippen LogP contribution in [0.5, 0.6) is 5.88 Å². The van der Waals surface area contributed by atoms with E-state index in [0.717, 1.165) is 30.5 Å². The van der Waals surface area contributed by atoms with Crippen molar-refractivity contribution in [2.75, 3.05) is 11.9 Å². The molecule has 2 aromatic carbocycles. The van der Waals surface area contributed by atoms with E-state index in [1.165, 1.54) is 6.20 Å². The number of benzene rings is 2. The Morgan fingerprint density at radius 2 is 1.90 bits per heavy atom. The number of hydrogen-bond donors (Lipinski definition) is 2. The third kappa shape index (κ3) is 4.26. The van der Waals surface area contributed by atoms with Gasteiger partial charge in [-0.3, -0.25) is 0 Å². The summed E-state index contributed by atoms with van der Waals surface area (Å²) in [7, 11) is 0. The standard InChI is InChI=1S/C21H20ClF2N3O2/c22-13-9-14(23)20(15(24)10-13)27-18-7-3-4-8-21(18,28)12-29-19-11-25-16-5-1-2-6-17(16)26-19/h1-2,5-6,9-11,18,27-28H,3-4,7-8,12H2. The number of hydrogen-bond acceptors (Lipinski definition) is 5. The van der Waals surface area contributed by atoms with Gasteiger partial charge in [0.15, 0.2) is 11.6 Å². The van der Waals surface area contributed by atoms with E-state index in [1.54, 1.807) is 0 Å². The summed E-state index contributed by atoms with van der Waals surface area (Å²) >= 11 is 5.69. The zero-order valence-corrected chi connectivity index (χ0v) is 16.3. The molecule has 1 aliphatic carbocycles. The van der Waals surface area contributed by atoms with Gasteiger partial charge in [0, 0.05) is 5.02 Å². The second-order valence-electron chi connectivity index (χ2n) is 7.28. The number of nitrogens with one attached hydrogen (secondary N) is 1. The molecule has 152 valence electrons. The summed E-state index contributed by atoms with van der Waals surface area (Å²) < 4.78 is 34.1. The maximum Gasteiger partial charge on any atom is 0.232 e. The first kappa shape index (κ1) is 19.8. The molecule has 2 unspecified atom stereocenters. The number of ether oxygens (including phenoxy) is 1. The van der Waals surface area contributed by atoms with Crippen molar-refractivity contribution in [1.29, 1.82) is 0 Å². The molecular weight excluding hydrogens is 400 g/mol. The number of rotatable bonds is 5. The summed E-state index contributed by atoms with van der Waals surface area (Å²) in [6, 6.07) is 8.87. The molecule has 0 bridgehead atoms. The minimum atomic E-state index is -1.32. The molecule has 4 rings (SSSR count). The van der Waals surface area contributed by atoms with Crippen molar-refractivity contribution in [3.8, 4) is 5.88 Å². The molecule has 8 heteroatoms.